The lowest BCUT2D eigenvalue weighted by atomic mass is 10.1. The van der Waals surface area contributed by atoms with E-state index in [0.29, 0.717) is 22.4 Å². The molecule has 21 heavy (non-hydrogen) atoms. The van der Waals surface area contributed by atoms with E-state index in [1.54, 1.807) is 31.2 Å². The van der Waals surface area contributed by atoms with Crippen LogP contribution in [0.15, 0.2) is 41.8 Å². The SMILES string of the molecule is COc1cc(/C=N\NC(=O)c2ccncc2)cc(C)c1O. The van der Waals surface area contributed by atoms with Gasteiger partial charge in [-0.25, -0.2) is 5.43 Å². The highest BCUT2D eigenvalue weighted by Gasteiger charge is 2.06. The third-order valence-corrected chi connectivity index (χ3v) is 2.83. The molecule has 1 aromatic carbocycles. The van der Waals surface area contributed by atoms with Crippen molar-refractivity contribution in [1.82, 2.24) is 10.4 Å². The molecule has 0 saturated carbocycles. The first kappa shape index (κ1) is 14.5. The molecule has 6 heteroatoms. The van der Waals surface area contributed by atoms with Crippen molar-refractivity contribution in [3.05, 3.63) is 53.3 Å². The van der Waals surface area contributed by atoms with E-state index in [0.717, 1.165) is 0 Å². The Morgan fingerprint density at radius 3 is 2.76 bits per heavy atom. The maximum Gasteiger partial charge on any atom is 0.271 e. The number of phenolic OH excluding ortho intramolecular Hbond substituents is 1. The lowest BCUT2D eigenvalue weighted by molar-refractivity contribution is 0.0955. The van der Waals surface area contributed by atoms with Crippen LogP contribution in [0.3, 0.4) is 0 Å². The number of nitrogens with zero attached hydrogens (tertiary/aromatic N) is 2. The smallest absolute Gasteiger partial charge is 0.271 e. The zero-order chi connectivity index (χ0) is 15.2. The van der Waals surface area contributed by atoms with Crippen molar-refractivity contribution < 1.29 is 14.6 Å². The summed E-state index contributed by atoms with van der Waals surface area (Å²) in [6.45, 7) is 1.75. The molecule has 0 atom stereocenters. The number of hydrazone groups is 1. The van der Waals surface area contributed by atoms with Crippen molar-refractivity contribution >= 4 is 12.1 Å². The largest absolute Gasteiger partial charge is 0.504 e. The number of amides is 1. The van der Waals surface area contributed by atoms with Gasteiger partial charge in [-0.05, 0) is 42.3 Å². The number of aromatic hydroxyl groups is 1. The number of aryl methyl sites for hydroxylation is 1. The maximum absolute atomic E-state index is 11.8. The van der Waals surface area contributed by atoms with Gasteiger partial charge in [0.1, 0.15) is 0 Å². The average molecular weight is 285 g/mol. The molecular weight excluding hydrogens is 270 g/mol. The Kier molecular flexibility index (Phi) is 4.50. The number of methoxy groups -OCH3 is 1. The Morgan fingerprint density at radius 2 is 2.10 bits per heavy atom. The van der Waals surface area contributed by atoms with E-state index in [9.17, 15) is 9.90 Å². The molecular formula is C15H15N3O3. The van der Waals surface area contributed by atoms with E-state index in [2.05, 4.69) is 15.5 Å². The molecule has 0 aliphatic rings. The topological polar surface area (TPSA) is 83.8 Å². The first-order valence-electron chi connectivity index (χ1n) is 6.23. The third-order valence-electron chi connectivity index (χ3n) is 2.83. The van der Waals surface area contributed by atoms with Gasteiger partial charge in [0.05, 0.1) is 13.3 Å². The number of pyridine rings is 1. The van der Waals surface area contributed by atoms with E-state index in [-0.39, 0.29) is 11.7 Å². The summed E-state index contributed by atoms with van der Waals surface area (Å²) < 4.78 is 5.06. The van der Waals surface area contributed by atoms with Gasteiger partial charge >= 0.3 is 0 Å². The summed E-state index contributed by atoms with van der Waals surface area (Å²) in [5.74, 6) is 0.128. The van der Waals surface area contributed by atoms with Gasteiger partial charge in [-0.15, -0.1) is 0 Å². The number of nitrogens with one attached hydrogen (secondary N) is 1. The second-order valence-electron chi connectivity index (χ2n) is 4.32. The Labute approximate surface area is 122 Å². The fourth-order valence-electron chi connectivity index (χ4n) is 1.74. The van der Waals surface area contributed by atoms with Crippen LogP contribution in [0, 0.1) is 6.92 Å². The van der Waals surface area contributed by atoms with Crippen molar-refractivity contribution in [3.63, 3.8) is 0 Å². The number of aromatic nitrogens is 1. The molecule has 2 aromatic rings. The van der Waals surface area contributed by atoms with Gasteiger partial charge in [-0.2, -0.15) is 5.10 Å². The molecule has 2 N–H and O–H groups in total. The zero-order valence-corrected chi connectivity index (χ0v) is 11.7. The lowest BCUT2D eigenvalue weighted by Gasteiger charge is -2.07. The van der Waals surface area contributed by atoms with Gasteiger partial charge in [-0.1, -0.05) is 0 Å². The van der Waals surface area contributed by atoms with E-state index < -0.39 is 0 Å². The third kappa shape index (κ3) is 3.56. The second kappa shape index (κ2) is 6.51. The van der Waals surface area contributed by atoms with E-state index in [4.69, 9.17) is 4.74 Å². The first-order valence-corrected chi connectivity index (χ1v) is 6.23. The maximum atomic E-state index is 11.8. The molecule has 0 saturated heterocycles. The van der Waals surface area contributed by atoms with Gasteiger partial charge in [0.2, 0.25) is 0 Å². The van der Waals surface area contributed by atoms with Crippen LogP contribution in [0.25, 0.3) is 0 Å². The standard InChI is InChI=1S/C15H15N3O3/c1-10-7-11(8-13(21-2)14(10)19)9-17-18-15(20)12-3-5-16-6-4-12/h3-9,19H,1-2H3,(H,18,20)/b17-9-. The molecule has 0 fully saturated rings. The van der Waals surface area contributed by atoms with Crippen LogP contribution in [-0.2, 0) is 0 Å². The van der Waals surface area contributed by atoms with Gasteiger partial charge in [0, 0.05) is 18.0 Å². The Hall–Kier alpha value is -2.89. The number of carbonyl (C=O) groups excluding carboxylic acids is 1. The summed E-state index contributed by atoms with van der Waals surface area (Å²) in [4.78, 5) is 15.6. The van der Waals surface area contributed by atoms with Crippen LogP contribution in [0.4, 0.5) is 0 Å². The minimum absolute atomic E-state index is 0.0930. The Balaban J connectivity index is 2.08. The summed E-state index contributed by atoms with van der Waals surface area (Å²) in [5.41, 5.74) is 4.26. The predicted octanol–water partition coefficient (Wildman–Crippen LogP) is 1.87. The van der Waals surface area contributed by atoms with Gasteiger partial charge in [0.25, 0.3) is 5.91 Å². The van der Waals surface area contributed by atoms with E-state index >= 15 is 0 Å². The highest BCUT2D eigenvalue weighted by Crippen LogP contribution is 2.30. The number of hydrogen-bond donors (Lipinski definition) is 2. The molecule has 0 bridgehead atoms. The highest BCUT2D eigenvalue weighted by molar-refractivity contribution is 5.94. The fraction of sp³-hybridized carbons (Fsp3) is 0.133. The van der Waals surface area contributed by atoms with Crippen LogP contribution in [0.5, 0.6) is 11.5 Å². The molecule has 2 rings (SSSR count). The summed E-state index contributed by atoms with van der Waals surface area (Å²) in [5, 5.41) is 13.6. The Bertz CT molecular complexity index is 669. The summed E-state index contributed by atoms with van der Waals surface area (Å²) >= 11 is 0. The van der Waals surface area contributed by atoms with Gasteiger partial charge < -0.3 is 9.84 Å². The van der Waals surface area contributed by atoms with E-state index in [1.807, 2.05) is 0 Å². The molecule has 0 radical (unpaired) electrons. The minimum atomic E-state index is -0.323. The quantitative estimate of drug-likeness (QED) is 0.663. The summed E-state index contributed by atoms with van der Waals surface area (Å²) in [7, 11) is 1.47. The predicted molar refractivity (Wildman–Crippen MR) is 78.7 cm³/mol. The van der Waals surface area contributed by atoms with Crippen molar-refractivity contribution in [2.75, 3.05) is 7.11 Å². The average Bonchev–Trinajstić information content (AvgIpc) is 2.51. The number of rotatable bonds is 4. The number of phenols is 1. The van der Waals surface area contributed by atoms with Crippen molar-refractivity contribution in [3.8, 4) is 11.5 Å². The molecule has 108 valence electrons. The minimum Gasteiger partial charge on any atom is -0.504 e. The monoisotopic (exact) mass is 285 g/mol. The highest BCUT2D eigenvalue weighted by atomic mass is 16.5. The lowest BCUT2D eigenvalue weighted by Crippen LogP contribution is -2.17. The molecule has 6 nitrogen and oxygen atoms in total. The van der Waals surface area contributed by atoms with Crippen molar-refractivity contribution in [2.45, 2.75) is 6.92 Å². The van der Waals surface area contributed by atoms with E-state index in [1.165, 1.54) is 25.7 Å². The van der Waals surface area contributed by atoms with Crippen LogP contribution in [0.1, 0.15) is 21.5 Å². The molecule has 1 heterocycles. The molecule has 1 amide bonds. The summed E-state index contributed by atoms with van der Waals surface area (Å²) in [6.07, 6.45) is 4.55. The first-order chi connectivity index (χ1) is 10.1. The molecule has 0 aliphatic carbocycles. The number of benzene rings is 1. The number of carbonyl (C=O) groups is 1. The second-order valence-corrected chi connectivity index (χ2v) is 4.32. The van der Waals surface area contributed by atoms with Crippen molar-refractivity contribution in [1.29, 1.82) is 0 Å². The Morgan fingerprint density at radius 1 is 1.38 bits per heavy atom. The number of hydrogen-bond acceptors (Lipinski definition) is 5. The molecule has 0 spiro atoms. The normalized spacial score (nSPS) is 10.6. The number of ether oxygens (including phenoxy) is 1. The van der Waals surface area contributed by atoms with Crippen LogP contribution in [0.2, 0.25) is 0 Å². The van der Waals surface area contributed by atoms with Gasteiger partial charge in [-0.3, -0.25) is 9.78 Å². The molecule has 0 unspecified atom stereocenters. The molecule has 1 aromatic heterocycles. The van der Waals surface area contributed by atoms with Crippen LogP contribution < -0.4 is 10.2 Å². The van der Waals surface area contributed by atoms with Crippen LogP contribution >= 0.6 is 0 Å². The fourth-order valence-corrected chi connectivity index (χ4v) is 1.74. The zero-order valence-electron chi connectivity index (χ0n) is 11.7. The van der Waals surface area contributed by atoms with Gasteiger partial charge in [0.15, 0.2) is 11.5 Å². The summed E-state index contributed by atoms with van der Waals surface area (Å²) in [6, 6.07) is 6.56. The van der Waals surface area contributed by atoms with Crippen LogP contribution in [-0.4, -0.2) is 29.3 Å². The molecule has 0 aliphatic heterocycles. The van der Waals surface area contributed by atoms with Crippen molar-refractivity contribution in [2.24, 2.45) is 5.10 Å².